The van der Waals surface area contributed by atoms with E-state index in [1.807, 2.05) is 0 Å². The molecule has 0 aromatic heterocycles. The third-order valence-electron chi connectivity index (χ3n) is 4.30. The fourth-order valence-electron chi connectivity index (χ4n) is 2.06. The van der Waals surface area contributed by atoms with Crippen LogP contribution in [0.3, 0.4) is 0 Å². The Labute approximate surface area is 119 Å². The van der Waals surface area contributed by atoms with E-state index < -0.39 is 0 Å². The highest BCUT2D eigenvalue weighted by molar-refractivity contribution is 5.65. The molecule has 0 radical (unpaired) electrons. The Bertz CT molecular complexity index is 455. The summed E-state index contributed by atoms with van der Waals surface area (Å²) in [4.78, 5) is 0. The van der Waals surface area contributed by atoms with E-state index in [2.05, 4.69) is 73.2 Å². The van der Waals surface area contributed by atoms with Crippen molar-refractivity contribution in [3.8, 4) is 0 Å². The summed E-state index contributed by atoms with van der Waals surface area (Å²) < 4.78 is 0. The van der Waals surface area contributed by atoms with Crippen molar-refractivity contribution in [2.75, 3.05) is 0 Å². The quantitative estimate of drug-likeness (QED) is 0.612. The van der Waals surface area contributed by atoms with Crippen LogP contribution in [0.4, 0.5) is 0 Å². The Hall–Kier alpha value is -1.04. The van der Waals surface area contributed by atoms with Gasteiger partial charge < -0.3 is 0 Å². The summed E-state index contributed by atoms with van der Waals surface area (Å²) in [6, 6.07) is 7.04. The molecule has 0 spiro atoms. The molecule has 0 aliphatic carbocycles. The molecule has 0 aliphatic rings. The predicted molar refractivity (Wildman–Crippen MR) is 87.8 cm³/mol. The van der Waals surface area contributed by atoms with Crippen LogP contribution in [-0.4, -0.2) is 0 Å². The van der Waals surface area contributed by atoms with Crippen LogP contribution in [0.25, 0.3) is 5.57 Å². The first-order valence-electron chi connectivity index (χ1n) is 7.46. The van der Waals surface area contributed by atoms with Crippen molar-refractivity contribution in [1.82, 2.24) is 0 Å². The van der Waals surface area contributed by atoms with Gasteiger partial charge in [0, 0.05) is 0 Å². The zero-order valence-corrected chi connectivity index (χ0v) is 13.9. The molecule has 106 valence electrons. The summed E-state index contributed by atoms with van der Waals surface area (Å²) in [5.41, 5.74) is 5.81. The minimum atomic E-state index is 0.183. The molecule has 0 saturated carbocycles. The molecule has 0 bridgehead atoms. The van der Waals surface area contributed by atoms with E-state index in [1.54, 1.807) is 0 Å². The monoisotopic (exact) mass is 258 g/mol. The number of benzene rings is 1. The molecular formula is C19H30. The van der Waals surface area contributed by atoms with Crippen LogP contribution >= 0.6 is 0 Å². The second-order valence-electron chi connectivity index (χ2n) is 7.24. The second-order valence-corrected chi connectivity index (χ2v) is 7.24. The molecule has 0 unspecified atom stereocenters. The molecule has 0 heteroatoms. The van der Waals surface area contributed by atoms with Crippen molar-refractivity contribution in [2.24, 2.45) is 0 Å². The van der Waals surface area contributed by atoms with E-state index in [9.17, 15) is 0 Å². The van der Waals surface area contributed by atoms with Crippen molar-refractivity contribution in [3.63, 3.8) is 0 Å². The Morgan fingerprint density at radius 2 is 1.47 bits per heavy atom. The number of rotatable bonds is 4. The molecule has 0 fully saturated rings. The van der Waals surface area contributed by atoms with Crippen LogP contribution in [0.15, 0.2) is 24.8 Å². The first kappa shape index (κ1) is 16.0. The van der Waals surface area contributed by atoms with Gasteiger partial charge in [0.25, 0.3) is 0 Å². The summed E-state index contributed by atoms with van der Waals surface area (Å²) >= 11 is 0. The molecule has 0 atom stereocenters. The smallest absolute Gasteiger partial charge is 0.0106 e. The largest absolute Gasteiger partial charge is 0.0952 e. The van der Waals surface area contributed by atoms with Gasteiger partial charge in [0.05, 0.1) is 0 Å². The standard InChI is InChI=1S/C19H30/c1-9-14(3)15-11-16(18(4,5)6)13-17(12-15)19(7,8)10-2/h11-13H,3,9-10H2,1-2,4-8H3. The molecule has 0 aliphatic heterocycles. The summed E-state index contributed by atoms with van der Waals surface area (Å²) in [6.45, 7) is 20.2. The van der Waals surface area contributed by atoms with Crippen molar-refractivity contribution < 1.29 is 0 Å². The molecular weight excluding hydrogens is 228 g/mol. The molecule has 0 heterocycles. The van der Waals surface area contributed by atoms with Gasteiger partial charge in [-0.3, -0.25) is 0 Å². The lowest BCUT2D eigenvalue weighted by Gasteiger charge is -2.28. The van der Waals surface area contributed by atoms with Crippen molar-refractivity contribution in [2.45, 2.75) is 72.1 Å². The summed E-state index contributed by atoms with van der Waals surface area (Å²) in [5, 5.41) is 0. The van der Waals surface area contributed by atoms with Crippen molar-refractivity contribution in [1.29, 1.82) is 0 Å². The highest BCUT2D eigenvalue weighted by Gasteiger charge is 2.22. The number of hydrogen-bond acceptors (Lipinski definition) is 0. The summed E-state index contributed by atoms with van der Waals surface area (Å²) in [5.74, 6) is 0. The van der Waals surface area contributed by atoms with Gasteiger partial charge in [-0.15, -0.1) is 0 Å². The Morgan fingerprint density at radius 3 is 1.89 bits per heavy atom. The van der Waals surface area contributed by atoms with Crippen LogP contribution in [0, 0.1) is 0 Å². The van der Waals surface area contributed by atoms with Crippen LogP contribution in [0.2, 0.25) is 0 Å². The minimum Gasteiger partial charge on any atom is -0.0952 e. The van der Waals surface area contributed by atoms with Crippen LogP contribution in [-0.2, 0) is 10.8 Å². The van der Waals surface area contributed by atoms with Gasteiger partial charge in [-0.05, 0) is 45.9 Å². The lowest BCUT2D eigenvalue weighted by molar-refractivity contribution is 0.502. The molecule has 1 aromatic carbocycles. The molecule has 0 nitrogen and oxygen atoms in total. The maximum Gasteiger partial charge on any atom is -0.0106 e. The van der Waals surface area contributed by atoms with E-state index >= 15 is 0 Å². The van der Waals surface area contributed by atoms with Crippen LogP contribution in [0.1, 0.15) is 78.0 Å². The van der Waals surface area contributed by atoms with Gasteiger partial charge in [0.1, 0.15) is 0 Å². The fraction of sp³-hybridized carbons (Fsp3) is 0.579. The lowest BCUT2D eigenvalue weighted by Crippen LogP contribution is -2.19. The highest BCUT2D eigenvalue weighted by Crippen LogP contribution is 2.34. The van der Waals surface area contributed by atoms with Gasteiger partial charge >= 0.3 is 0 Å². The molecule has 1 aromatic rings. The molecule has 1 rings (SSSR count). The zero-order chi connectivity index (χ0) is 14.8. The Balaban J connectivity index is 3.45. The molecule has 0 N–H and O–H groups in total. The van der Waals surface area contributed by atoms with Crippen molar-refractivity contribution >= 4 is 5.57 Å². The van der Waals surface area contributed by atoms with E-state index in [1.165, 1.54) is 22.3 Å². The van der Waals surface area contributed by atoms with Gasteiger partial charge in [-0.1, -0.05) is 73.2 Å². The SMILES string of the molecule is C=C(CC)c1cc(C(C)(C)C)cc(C(C)(C)CC)c1. The maximum atomic E-state index is 4.22. The van der Waals surface area contributed by atoms with Crippen molar-refractivity contribution in [3.05, 3.63) is 41.5 Å². The molecule has 0 amide bonds. The maximum absolute atomic E-state index is 4.22. The van der Waals surface area contributed by atoms with E-state index in [-0.39, 0.29) is 10.8 Å². The molecule has 0 saturated heterocycles. The molecule has 19 heavy (non-hydrogen) atoms. The average molecular weight is 258 g/mol. The van der Waals surface area contributed by atoms with Gasteiger partial charge in [0.2, 0.25) is 0 Å². The zero-order valence-electron chi connectivity index (χ0n) is 13.9. The van der Waals surface area contributed by atoms with Crippen LogP contribution in [0.5, 0.6) is 0 Å². The first-order chi connectivity index (χ1) is 8.61. The second kappa shape index (κ2) is 5.53. The van der Waals surface area contributed by atoms with E-state index in [0.29, 0.717) is 0 Å². The summed E-state index contributed by atoms with van der Waals surface area (Å²) in [6.07, 6.45) is 2.16. The lowest BCUT2D eigenvalue weighted by atomic mass is 9.76. The van der Waals surface area contributed by atoms with E-state index in [4.69, 9.17) is 0 Å². The third kappa shape index (κ3) is 3.72. The van der Waals surface area contributed by atoms with Crippen LogP contribution < -0.4 is 0 Å². The minimum absolute atomic E-state index is 0.183. The topological polar surface area (TPSA) is 0 Å². The number of allylic oxidation sites excluding steroid dienone is 1. The van der Waals surface area contributed by atoms with Gasteiger partial charge in [0.15, 0.2) is 0 Å². The predicted octanol–water partition coefficient (Wildman–Crippen LogP) is 6.09. The van der Waals surface area contributed by atoms with Gasteiger partial charge in [-0.25, -0.2) is 0 Å². The highest BCUT2D eigenvalue weighted by atomic mass is 14.3. The Morgan fingerprint density at radius 1 is 0.947 bits per heavy atom. The average Bonchev–Trinajstić information content (AvgIpc) is 2.36. The Kier molecular flexibility index (Phi) is 4.66. The number of hydrogen-bond donors (Lipinski definition) is 0. The first-order valence-corrected chi connectivity index (χ1v) is 7.46. The van der Waals surface area contributed by atoms with Gasteiger partial charge in [-0.2, -0.15) is 0 Å². The summed E-state index contributed by atoms with van der Waals surface area (Å²) in [7, 11) is 0. The fourth-order valence-corrected chi connectivity index (χ4v) is 2.06. The third-order valence-corrected chi connectivity index (χ3v) is 4.30. The van der Waals surface area contributed by atoms with E-state index in [0.717, 1.165) is 12.8 Å². The normalized spacial score (nSPS) is 12.6.